The quantitative estimate of drug-likeness (QED) is 0.743. The number of fused-ring (bicyclic) bond motifs is 2. The average molecular weight is 361 g/mol. The molecule has 0 aliphatic heterocycles. The van der Waals surface area contributed by atoms with Gasteiger partial charge < -0.3 is 10.2 Å². The van der Waals surface area contributed by atoms with Crippen LogP contribution in [0.5, 0.6) is 0 Å². The van der Waals surface area contributed by atoms with E-state index in [0.29, 0.717) is 0 Å². The standard InChI is InChI=1S/C9H8Cl6O2/c10-5-6(11)8(13)4(2-17)3(1-16)7(5,12)9(8,14)15/h3-4,16-17H,1-2H2/t3-,4-,7-,8-/m1/s1. The van der Waals surface area contributed by atoms with Gasteiger partial charge in [-0.2, -0.15) is 0 Å². The van der Waals surface area contributed by atoms with E-state index >= 15 is 0 Å². The van der Waals surface area contributed by atoms with Gasteiger partial charge >= 0.3 is 0 Å². The Balaban J connectivity index is 2.72. The highest BCUT2D eigenvalue weighted by Gasteiger charge is 2.81. The van der Waals surface area contributed by atoms with Crippen LogP contribution in [0.15, 0.2) is 10.1 Å². The Morgan fingerprint density at radius 3 is 1.35 bits per heavy atom. The number of halogens is 6. The Bertz CT molecular complexity index is 363. The first-order valence-electron chi connectivity index (χ1n) is 4.74. The van der Waals surface area contributed by atoms with Gasteiger partial charge in [0.1, 0.15) is 9.75 Å². The SMILES string of the molecule is OC[C@@H]1[C@@H](CO)[C@@]2(Cl)C(Cl)=C(Cl)[C@@]1(Cl)C2(Cl)Cl. The topological polar surface area (TPSA) is 40.5 Å². The molecule has 2 N–H and O–H groups in total. The van der Waals surface area contributed by atoms with E-state index in [9.17, 15) is 10.2 Å². The number of rotatable bonds is 2. The van der Waals surface area contributed by atoms with Crippen molar-refractivity contribution < 1.29 is 10.2 Å². The maximum Gasteiger partial charge on any atom is 0.167 e. The summed E-state index contributed by atoms with van der Waals surface area (Å²) in [6.07, 6.45) is 0. The first-order valence-corrected chi connectivity index (χ1v) is 7.01. The fourth-order valence-electron chi connectivity index (χ4n) is 2.71. The van der Waals surface area contributed by atoms with Crippen LogP contribution in [0, 0.1) is 11.8 Å². The van der Waals surface area contributed by atoms with Crippen LogP contribution < -0.4 is 0 Å². The molecule has 98 valence electrons. The molecule has 0 radical (unpaired) electrons. The fourth-order valence-corrected chi connectivity index (χ4v) is 5.78. The van der Waals surface area contributed by atoms with Crippen LogP contribution in [0.3, 0.4) is 0 Å². The van der Waals surface area contributed by atoms with E-state index in [1.54, 1.807) is 0 Å². The molecule has 0 saturated heterocycles. The lowest BCUT2D eigenvalue weighted by molar-refractivity contribution is 0.120. The number of allylic oxidation sites excluding steroid dienone is 2. The highest BCUT2D eigenvalue weighted by Crippen LogP contribution is 2.75. The third kappa shape index (κ3) is 1.34. The van der Waals surface area contributed by atoms with Gasteiger partial charge in [-0.15, -0.1) is 23.2 Å². The molecule has 2 aliphatic rings. The first-order chi connectivity index (χ1) is 7.71. The van der Waals surface area contributed by atoms with E-state index < -0.39 is 25.9 Å². The molecule has 2 nitrogen and oxygen atoms in total. The van der Waals surface area contributed by atoms with Crippen molar-refractivity contribution in [3.8, 4) is 0 Å². The van der Waals surface area contributed by atoms with Crippen molar-refractivity contribution in [2.24, 2.45) is 11.8 Å². The number of aliphatic hydroxyl groups is 2. The van der Waals surface area contributed by atoms with E-state index in [4.69, 9.17) is 69.6 Å². The summed E-state index contributed by atoms with van der Waals surface area (Å²) in [6.45, 7) is -0.713. The zero-order valence-electron chi connectivity index (χ0n) is 8.23. The van der Waals surface area contributed by atoms with E-state index in [1.165, 1.54) is 0 Å². The van der Waals surface area contributed by atoms with Gasteiger partial charge in [0.15, 0.2) is 4.33 Å². The van der Waals surface area contributed by atoms with Crippen molar-refractivity contribution in [2.75, 3.05) is 13.2 Å². The molecule has 17 heavy (non-hydrogen) atoms. The summed E-state index contributed by atoms with van der Waals surface area (Å²) in [6, 6.07) is 0. The monoisotopic (exact) mass is 358 g/mol. The number of hydrogen-bond donors (Lipinski definition) is 2. The second-order valence-electron chi connectivity index (χ2n) is 4.20. The molecule has 2 bridgehead atoms. The molecule has 4 atom stereocenters. The smallest absolute Gasteiger partial charge is 0.167 e. The zero-order valence-corrected chi connectivity index (χ0v) is 12.8. The lowest BCUT2D eigenvalue weighted by Crippen LogP contribution is -2.45. The Morgan fingerprint density at radius 1 is 0.824 bits per heavy atom. The van der Waals surface area contributed by atoms with Crippen molar-refractivity contribution in [2.45, 2.75) is 14.1 Å². The summed E-state index contributed by atoms with van der Waals surface area (Å²) < 4.78 is -1.70. The largest absolute Gasteiger partial charge is 0.396 e. The third-order valence-corrected chi connectivity index (χ3v) is 8.00. The second kappa shape index (κ2) is 4.20. The molecule has 1 saturated carbocycles. The predicted molar refractivity (Wildman–Crippen MR) is 71.5 cm³/mol. The average Bonchev–Trinajstić information content (AvgIpc) is 2.48. The molecule has 0 unspecified atom stereocenters. The predicted octanol–water partition coefficient (Wildman–Crippen LogP) is 3.05. The van der Waals surface area contributed by atoms with Gasteiger partial charge in [-0.25, -0.2) is 0 Å². The third-order valence-electron chi connectivity index (χ3n) is 3.65. The number of hydrogen-bond acceptors (Lipinski definition) is 2. The molecule has 0 aromatic heterocycles. The molecule has 0 spiro atoms. The molecular weight excluding hydrogens is 353 g/mol. The molecule has 2 rings (SSSR count). The molecular formula is C9H8Cl6O2. The van der Waals surface area contributed by atoms with Crippen LogP contribution in [-0.4, -0.2) is 37.5 Å². The van der Waals surface area contributed by atoms with Gasteiger partial charge in [0.2, 0.25) is 0 Å². The minimum Gasteiger partial charge on any atom is -0.396 e. The highest BCUT2D eigenvalue weighted by atomic mass is 35.5. The van der Waals surface area contributed by atoms with Crippen molar-refractivity contribution in [3.63, 3.8) is 0 Å². The molecule has 2 aliphatic carbocycles. The lowest BCUT2D eigenvalue weighted by Gasteiger charge is -2.34. The normalized spacial score (nSPS) is 48.0. The maximum absolute atomic E-state index is 9.41. The van der Waals surface area contributed by atoms with Gasteiger partial charge in [-0.05, 0) is 0 Å². The van der Waals surface area contributed by atoms with Crippen LogP contribution in [0.4, 0.5) is 0 Å². The van der Waals surface area contributed by atoms with Crippen molar-refractivity contribution in [1.82, 2.24) is 0 Å². The second-order valence-corrected chi connectivity index (χ2v) is 7.48. The maximum atomic E-state index is 9.41. The molecule has 0 heterocycles. The molecule has 0 aromatic carbocycles. The van der Waals surface area contributed by atoms with Crippen molar-refractivity contribution in [1.29, 1.82) is 0 Å². The minimum atomic E-state index is -1.70. The summed E-state index contributed by atoms with van der Waals surface area (Å²) in [7, 11) is 0. The number of alkyl halides is 4. The van der Waals surface area contributed by atoms with E-state index in [-0.39, 0.29) is 23.3 Å². The minimum absolute atomic E-state index is 0.0320. The summed E-state index contributed by atoms with van der Waals surface area (Å²) in [5.74, 6) is -1.34. The molecule has 1 fully saturated rings. The van der Waals surface area contributed by atoms with Crippen molar-refractivity contribution >= 4 is 69.6 Å². The number of aliphatic hydroxyl groups excluding tert-OH is 2. The van der Waals surface area contributed by atoms with Gasteiger partial charge in [-0.3, -0.25) is 0 Å². The summed E-state index contributed by atoms with van der Waals surface area (Å²) >= 11 is 37.3. The Hall–Kier alpha value is 1.40. The Labute approximate surface area is 128 Å². The summed E-state index contributed by atoms with van der Waals surface area (Å²) in [5.41, 5.74) is 0. The van der Waals surface area contributed by atoms with E-state index in [2.05, 4.69) is 0 Å². The van der Waals surface area contributed by atoms with Gasteiger partial charge in [-0.1, -0.05) is 46.4 Å². The fraction of sp³-hybridized carbons (Fsp3) is 0.778. The van der Waals surface area contributed by atoms with Crippen LogP contribution in [0.1, 0.15) is 0 Å². The van der Waals surface area contributed by atoms with E-state index in [1.807, 2.05) is 0 Å². The summed E-state index contributed by atoms with van der Waals surface area (Å²) in [5, 5.41) is 18.9. The molecule has 0 aromatic rings. The summed E-state index contributed by atoms with van der Waals surface area (Å²) in [4.78, 5) is -2.97. The van der Waals surface area contributed by atoms with E-state index in [0.717, 1.165) is 0 Å². The van der Waals surface area contributed by atoms with Gasteiger partial charge in [0.25, 0.3) is 0 Å². The van der Waals surface area contributed by atoms with Crippen LogP contribution >= 0.6 is 69.6 Å². The van der Waals surface area contributed by atoms with Gasteiger partial charge in [0.05, 0.1) is 10.1 Å². The zero-order chi connectivity index (χ0) is 13.2. The van der Waals surface area contributed by atoms with Crippen LogP contribution in [0.25, 0.3) is 0 Å². The first kappa shape index (κ1) is 14.8. The van der Waals surface area contributed by atoms with Crippen LogP contribution in [0.2, 0.25) is 0 Å². The van der Waals surface area contributed by atoms with Crippen LogP contribution in [-0.2, 0) is 0 Å². The Kier molecular flexibility index (Phi) is 3.65. The molecule has 8 heteroatoms. The highest BCUT2D eigenvalue weighted by molar-refractivity contribution is 6.65. The van der Waals surface area contributed by atoms with Crippen molar-refractivity contribution in [3.05, 3.63) is 10.1 Å². The Morgan fingerprint density at radius 2 is 1.12 bits per heavy atom. The van der Waals surface area contributed by atoms with Gasteiger partial charge in [0, 0.05) is 25.0 Å². The lowest BCUT2D eigenvalue weighted by atomic mass is 9.83. The molecule has 0 amide bonds.